The lowest BCUT2D eigenvalue weighted by Crippen LogP contribution is -2.53. The van der Waals surface area contributed by atoms with Crippen LogP contribution in [0.1, 0.15) is 98.5 Å². The predicted molar refractivity (Wildman–Crippen MR) is 171 cm³/mol. The molecule has 3 aliphatic carbocycles. The Morgan fingerprint density at radius 3 is 2.37 bits per heavy atom. The molecule has 0 heterocycles. The molecule has 0 radical (unpaired) electrons. The van der Waals surface area contributed by atoms with Crippen molar-refractivity contribution in [1.82, 2.24) is 4.83 Å². The Kier molecular flexibility index (Phi) is 9.33. The largest absolute Gasteiger partial charge is 0.417 e. The fourth-order valence-electron chi connectivity index (χ4n) is 7.93. The third-order valence-corrected chi connectivity index (χ3v) is 17.7. The van der Waals surface area contributed by atoms with E-state index >= 15 is 0 Å². The van der Waals surface area contributed by atoms with E-state index in [2.05, 4.69) is 64.6 Å². The molecule has 4 rings (SSSR count). The number of rotatable bonds is 8. The second-order valence-corrected chi connectivity index (χ2v) is 22.1. The number of benzene rings is 1. The van der Waals surface area contributed by atoms with Gasteiger partial charge in [-0.3, -0.25) is 0 Å². The van der Waals surface area contributed by atoms with E-state index < -0.39 is 24.4 Å². The zero-order valence-corrected chi connectivity index (χ0v) is 28.9. The summed E-state index contributed by atoms with van der Waals surface area (Å²) in [5.41, 5.74) is 1.69. The number of sulfonamides is 1. The highest BCUT2D eigenvalue weighted by molar-refractivity contribution is 7.89. The number of fused-ring (bicyclic) bond motifs is 1. The normalized spacial score (nSPS) is 35.9. The highest BCUT2D eigenvalue weighted by Crippen LogP contribution is 2.60. The van der Waals surface area contributed by atoms with Crippen LogP contribution in [-0.2, 0) is 14.4 Å². The molecule has 41 heavy (non-hydrogen) atoms. The van der Waals surface area contributed by atoms with Crippen LogP contribution in [0.2, 0.25) is 18.1 Å². The number of hydrogen-bond donors (Lipinski definition) is 2. The lowest BCUT2D eigenvalue weighted by molar-refractivity contribution is -0.110. The Morgan fingerprint density at radius 2 is 1.73 bits per heavy atom. The van der Waals surface area contributed by atoms with Gasteiger partial charge in [0.2, 0.25) is 0 Å². The SMILES string of the molecule is Cc1ccc(S(=O)(=O)NN=C2CCC3[C@H](O)C([C@@]4(C)CC[C@H](C)C[C@@H]4CCO[Si](C)(C)C(C)(C)C)CC[C@]23C)cc1. The Balaban J connectivity index is 1.48. The topological polar surface area (TPSA) is 88.0 Å². The molecule has 1 aromatic carbocycles. The van der Waals surface area contributed by atoms with E-state index in [1.54, 1.807) is 24.3 Å². The number of aliphatic hydroxyl groups excluding tert-OH is 1. The average Bonchev–Trinajstić information content (AvgIpc) is 3.21. The zero-order valence-electron chi connectivity index (χ0n) is 27.1. The first-order valence-corrected chi connectivity index (χ1v) is 20.3. The van der Waals surface area contributed by atoms with Crippen LogP contribution >= 0.6 is 0 Å². The van der Waals surface area contributed by atoms with Crippen molar-refractivity contribution < 1.29 is 18.0 Å². The minimum absolute atomic E-state index is 0.0803. The van der Waals surface area contributed by atoms with Gasteiger partial charge in [0.1, 0.15) is 0 Å². The van der Waals surface area contributed by atoms with Crippen molar-refractivity contribution in [3.8, 4) is 0 Å². The van der Waals surface area contributed by atoms with Crippen molar-refractivity contribution >= 4 is 24.1 Å². The molecule has 2 unspecified atom stereocenters. The highest BCUT2D eigenvalue weighted by atomic mass is 32.2. The molecule has 3 aliphatic rings. The van der Waals surface area contributed by atoms with Crippen LogP contribution in [0, 0.1) is 41.4 Å². The van der Waals surface area contributed by atoms with Crippen LogP contribution < -0.4 is 4.83 Å². The fourth-order valence-corrected chi connectivity index (χ4v) is 9.82. The van der Waals surface area contributed by atoms with Crippen LogP contribution in [-0.4, -0.2) is 40.3 Å². The van der Waals surface area contributed by atoms with E-state index in [0.29, 0.717) is 11.8 Å². The van der Waals surface area contributed by atoms with E-state index in [9.17, 15) is 13.5 Å². The lowest BCUT2D eigenvalue weighted by Gasteiger charge is -2.55. The Bertz CT molecular complexity index is 1210. The van der Waals surface area contributed by atoms with Gasteiger partial charge in [-0.15, -0.1) is 0 Å². The molecule has 0 spiro atoms. The van der Waals surface area contributed by atoms with Gasteiger partial charge in [0.25, 0.3) is 10.0 Å². The maximum atomic E-state index is 12.9. The van der Waals surface area contributed by atoms with Crippen molar-refractivity contribution in [3.63, 3.8) is 0 Å². The lowest BCUT2D eigenvalue weighted by atomic mass is 9.51. The van der Waals surface area contributed by atoms with Crippen molar-refractivity contribution in [3.05, 3.63) is 29.8 Å². The molecule has 0 amide bonds. The van der Waals surface area contributed by atoms with E-state index in [0.717, 1.165) is 56.4 Å². The van der Waals surface area contributed by atoms with Gasteiger partial charge in [0.05, 0.1) is 11.0 Å². The third kappa shape index (κ3) is 6.51. The number of nitrogens with one attached hydrogen (secondary N) is 1. The van der Waals surface area contributed by atoms with Crippen molar-refractivity contribution in [2.24, 2.45) is 39.6 Å². The van der Waals surface area contributed by atoms with E-state index in [4.69, 9.17) is 4.43 Å². The molecule has 3 saturated carbocycles. The first-order valence-electron chi connectivity index (χ1n) is 15.9. The zero-order chi connectivity index (χ0) is 30.4. The minimum atomic E-state index is -3.73. The Labute approximate surface area is 251 Å². The summed E-state index contributed by atoms with van der Waals surface area (Å²) in [5.74, 6) is 1.59. The summed E-state index contributed by atoms with van der Waals surface area (Å²) < 4.78 is 32.5. The van der Waals surface area contributed by atoms with Gasteiger partial charge < -0.3 is 9.53 Å². The molecular weight excluding hydrogens is 549 g/mol. The van der Waals surface area contributed by atoms with Gasteiger partial charge in [-0.25, -0.2) is 4.83 Å². The molecule has 0 aromatic heterocycles. The molecule has 6 nitrogen and oxygen atoms in total. The molecule has 1 aromatic rings. The van der Waals surface area contributed by atoms with Gasteiger partial charge in [-0.05, 0) is 111 Å². The molecule has 232 valence electrons. The molecule has 3 fully saturated rings. The first-order chi connectivity index (χ1) is 18.9. The number of nitrogens with zero attached hydrogens (tertiary/aromatic N) is 1. The quantitative estimate of drug-likeness (QED) is 0.235. The fraction of sp³-hybridized carbons (Fsp3) is 0.788. The monoisotopic (exact) mass is 604 g/mol. The molecule has 2 N–H and O–H groups in total. The number of hydrogen-bond acceptors (Lipinski definition) is 5. The molecule has 8 heteroatoms. The summed E-state index contributed by atoms with van der Waals surface area (Å²) in [5, 5.41) is 16.7. The molecular formula is C33H56N2O4SSi. The molecule has 0 saturated heterocycles. The van der Waals surface area contributed by atoms with E-state index in [1.807, 2.05) is 6.92 Å². The van der Waals surface area contributed by atoms with Crippen LogP contribution in [0.4, 0.5) is 0 Å². The van der Waals surface area contributed by atoms with Crippen LogP contribution in [0.3, 0.4) is 0 Å². The van der Waals surface area contributed by atoms with E-state index in [-0.39, 0.29) is 32.6 Å². The van der Waals surface area contributed by atoms with Gasteiger partial charge in [-0.1, -0.05) is 65.7 Å². The van der Waals surface area contributed by atoms with Crippen LogP contribution in [0.15, 0.2) is 34.3 Å². The summed E-state index contributed by atoms with van der Waals surface area (Å²) in [6.07, 6.45) is 7.69. The van der Waals surface area contributed by atoms with Gasteiger partial charge in [0.15, 0.2) is 8.32 Å². The first kappa shape index (κ1) is 32.7. The molecule has 7 atom stereocenters. The van der Waals surface area contributed by atoms with Crippen LogP contribution in [0.25, 0.3) is 0 Å². The van der Waals surface area contributed by atoms with E-state index in [1.165, 1.54) is 12.8 Å². The number of hydrazone groups is 1. The summed E-state index contributed by atoms with van der Waals surface area (Å²) in [7, 11) is -5.53. The second kappa shape index (κ2) is 11.7. The summed E-state index contributed by atoms with van der Waals surface area (Å²) in [4.78, 5) is 2.74. The third-order valence-electron chi connectivity index (χ3n) is 12.0. The molecule has 0 aliphatic heterocycles. The molecule has 0 bridgehead atoms. The minimum Gasteiger partial charge on any atom is -0.417 e. The predicted octanol–water partition coefficient (Wildman–Crippen LogP) is 7.67. The maximum Gasteiger partial charge on any atom is 0.276 e. The van der Waals surface area contributed by atoms with Gasteiger partial charge >= 0.3 is 0 Å². The Hall–Kier alpha value is -1.22. The highest BCUT2D eigenvalue weighted by Gasteiger charge is 2.57. The standard InChI is InChI=1S/C33H56N2O4SSi/c1-23-10-12-26(13-11-23)40(37,38)35-34-29-15-14-27-30(36)28(17-20-33(27,29)7)32(6)19-16-24(2)22-25(32)18-21-39-41(8,9)31(3,4)5/h10-13,24-25,27-28,30,35-36H,14-22H2,1-9H3/t24-,25-,27?,28?,30-,32-,33-/m0/s1. The maximum absolute atomic E-state index is 12.9. The van der Waals surface area contributed by atoms with Crippen molar-refractivity contribution in [1.29, 1.82) is 0 Å². The van der Waals surface area contributed by atoms with Crippen molar-refractivity contribution in [2.45, 2.75) is 129 Å². The number of aryl methyl sites for hydroxylation is 1. The van der Waals surface area contributed by atoms with Gasteiger partial charge in [-0.2, -0.15) is 13.5 Å². The summed E-state index contributed by atoms with van der Waals surface area (Å²) in [6.45, 7) is 21.3. The average molecular weight is 605 g/mol. The van der Waals surface area contributed by atoms with Crippen molar-refractivity contribution in [2.75, 3.05) is 6.61 Å². The van der Waals surface area contributed by atoms with Crippen LogP contribution in [0.5, 0.6) is 0 Å². The Morgan fingerprint density at radius 1 is 1.07 bits per heavy atom. The second-order valence-electron chi connectivity index (χ2n) is 15.6. The number of aliphatic hydroxyl groups is 1. The smallest absolute Gasteiger partial charge is 0.276 e. The van der Waals surface area contributed by atoms with Gasteiger partial charge in [0, 0.05) is 17.7 Å². The summed E-state index contributed by atoms with van der Waals surface area (Å²) >= 11 is 0. The summed E-state index contributed by atoms with van der Waals surface area (Å²) in [6, 6.07) is 6.83.